The second-order valence-corrected chi connectivity index (χ2v) is 13.1. The molecule has 0 saturated carbocycles. The molecule has 0 saturated heterocycles. The quantitative estimate of drug-likeness (QED) is 0.184. The number of hydrogen-bond acceptors (Lipinski definition) is 2. The predicted octanol–water partition coefficient (Wildman–Crippen LogP) is 12.1. The van der Waals surface area contributed by atoms with Gasteiger partial charge in [-0.1, -0.05) is 115 Å². The van der Waals surface area contributed by atoms with Crippen LogP contribution >= 0.6 is 0 Å². The highest BCUT2D eigenvalue weighted by atomic mass is 15.0. The first-order valence-electron chi connectivity index (χ1n) is 17.4. The number of rotatable bonds is 5. The van der Waals surface area contributed by atoms with Gasteiger partial charge in [-0.2, -0.15) is 5.26 Å². The summed E-state index contributed by atoms with van der Waals surface area (Å²) in [7, 11) is 0. The van der Waals surface area contributed by atoms with Crippen molar-refractivity contribution in [1.29, 1.82) is 5.26 Å². The van der Waals surface area contributed by atoms with E-state index in [-0.39, 0.29) is 0 Å². The molecular weight excluding hydrogens is 633 g/mol. The van der Waals surface area contributed by atoms with E-state index < -0.39 is 0 Å². The summed E-state index contributed by atoms with van der Waals surface area (Å²) < 4.78 is 4.53. The molecule has 0 amide bonds. The number of pyridine rings is 1. The summed E-state index contributed by atoms with van der Waals surface area (Å²) in [4.78, 5) is 4.49. The van der Waals surface area contributed by atoms with Crippen LogP contribution in [0.15, 0.2) is 182 Å². The molecule has 0 aliphatic carbocycles. The van der Waals surface area contributed by atoms with Crippen LogP contribution in [0, 0.1) is 11.3 Å². The van der Waals surface area contributed by atoms with E-state index in [9.17, 15) is 5.26 Å². The Morgan fingerprint density at radius 3 is 1.33 bits per heavy atom. The Labute approximate surface area is 300 Å². The highest BCUT2D eigenvalue weighted by Crippen LogP contribution is 2.41. The summed E-state index contributed by atoms with van der Waals surface area (Å²) in [6, 6.07) is 62.3. The summed E-state index contributed by atoms with van der Waals surface area (Å²) in [5.41, 5.74) is 13.0. The maximum absolute atomic E-state index is 11.2. The van der Waals surface area contributed by atoms with Gasteiger partial charge < -0.3 is 9.13 Å². The van der Waals surface area contributed by atoms with Crippen LogP contribution < -0.4 is 0 Å². The first kappa shape index (κ1) is 29.7. The number of para-hydroxylation sites is 2. The Bertz CT molecular complexity index is 2820. The van der Waals surface area contributed by atoms with Crippen LogP contribution in [0.5, 0.6) is 0 Å². The lowest BCUT2D eigenvalue weighted by Crippen LogP contribution is -2.05. The Kier molecular flexibility index (Phi) is 6.84. The van der Waals surface area contributed by atoms with E-state index in [1.165, 1.54) is 11.1 Å². The standard InChI is InChI=1S/C48H30N4/c49-30-42-47(51-43-19-9-7-17-38(43)40-26-34(21-23-45(40)51)32-12-3-1-4-13-32)28-37(36-16-11-25-50-31-36)29-48(42)52-44-20-10-8-18-39(44)41-27-35(22-24-46(41)52)33-14-5-2-6-15-33/h1-29,31H. The van der Waals surface area contributed by atoms with Gasteiger partial charge in [-0.05, 0) is 82.4 Å². The Morgan fingerprint density at radius 2 is 0.846 bits per heavy atom. The molecule has 0 unspecified atom stereocenters. The first-order chi connectivity index (χ1) is 25.8. The second kappa shape index (κ2) is 12.0. The van der Waals surface area contributed by atoms with Gasteiger partial charge in [-0.15, -0.1) is 0 Å². The van der Waals surface area contributed by atoms with Crippen LogP contribution in [0.25, 0.3) is 88.4 Å². The maximum atomic E-state index is 11.2. The smallest absolute Gasteiger partial charge is 0.104 e. The van der Waals surface area contributed by atoms with Gasteiger partial charge in [0.15, 0.2) is 0 Å². The lowest BCUT2D eigenvalue weighted by Gasteiger charge is -2.18. The minimum Gasteiger partial charge on any atom is -0.308 e. The highest BCUT2D eigenvalue weighted by Gasteiger charge is 2.23. The van der Waals surface area contributed by atoms with Gasteiger partial charge in [-0.3, -0.25) is 4.98 Å². The molecule has 0 radical (unpaired) electrons. The lowest BCUT2D eigenvalue weighted by molar-refractivity contribution is 1.12. The summed E-state index contributed by atoms with van der Waals surface area (Å²) in [6.45, 7) is 0. The van der Waals surface area contributed by atoms with Crippen molar-refractivity contribution in [2.45, 2.75) is 0 Å². The Hall–Kier alpha value is -7.22. The third-order valence-corrected chi connectivity index (χ3v) is 10.2. The van der Waals surface area contributed by atoms with Gasteiger partial charge in [0.1, 0.15) is 11.6 Å². The molecule has 10 rings (SSSR count). The zero-order valence-electron chi connectivity index (χ0n) is 28.1. The van der Waals surface area contributed by atoms with Crippen LogP contribution in [-0.4, -0.2) is 14.1 Å². The van der Waals surface area contributed by atoms with Crippen LogP contribution in [-0.2, 0) is 0 Å². The zero-order valence-corrected chi connectivity index (χ0v) is 28.1. The van der Waals surface area contributed by atoms with Crippen molar-refractivity contribution in [3.05, 3.63) is 188 Å². The van der Waals surface area contributed by atoms with Crippen molar-refractivity contribution in [2.75, 3.05) is 0 Å². The largest absolute Gasteiger partial charge is 0.308 e. The maximum Gasteiger partial charge on any atom is 0.104 e. The van der Waals surface area contributed by atoms with Crippen LogP contribution in [0.2, 0.25) is 0 Å². The SMILES string of the molecule is N#Cc1c(-n2c3ccccc3c3cc(-c4ccccc4)ccc32)cc(-c2cccnc2)cc1-n1c2ccccc2c2cc(-c3ccccc3)ccc21. The average molecular weight is 663 g/mol. The van der Waals surface area contributed by atoms with Crippen molar-refractivity contribution >= 4 is 43.6 Å². The molecule has 0 N–H and O–H groups in total. The van der Waals surface area contributed by atoms with E-state index in [1.807, 2.05) is 24.4 Å². The van der Waals surface area contributed by atoms with Crippen molar-refractivity contribution in [3.8, 4) is 50.8 Å². The molecule has 0 aliphatic rings. The van der Waals surface area contributed by atoms with Gasteiger partial charge in [0, 0.05) is 39.5 Å². The fourth-order valence-electron chi connectivity index (χ4n) is 7.86. The van der Waals surface area contributed by atoms with Crippen molar-refractivity contribution in [3.63, 3.8) is 0 Å². The molecular formula is C48H30N4. The topological polar surface area (TPSA) is 46.5 Å². The molecule has 0 aliphatic heterocycles. The van der Waals surface area contributed by atoms with E-state index in [2.05, 4.69) is 172 Å². The fourth-order valence-corrected chi connectivity index (χ4v) is 7.86. The van der Waals surface area contributed by atoms with Crippen molar-refractivity contribution in [1.82, 2.24) is 14.1 Å². The molecule has 242 valence electrons. The molecule has 3 aromatic heterocycles. The van der Waals surface area contributed by atoms with Gasteiger partial charge in [0.05, 0.1) is 33.4 Å². The van der Waals surface area contributed by atoms with Crippen LogP contribution in [0.1, 0.15) is 5.56 Å². The number of nitriles is 1. The molecule has 0 spiro atoms. The van der Waals surface area contributed by atoms with E-state index in [4.69, 9.17) is 0 Å². The van der Waals surface area contributed by atoms with Crippen molar-refractivity contribution < 1.29 is 0 Å². The Morgan fingerprint density at radius 1 is 0.385 bits per heavy atom. The van der Waals surface area contributed by atoms with E-state index in [1.54, 1.807) is 6.20 Å². The molecule has 0 fully saturated rings. The Balaban J connectivity index is 1.30. The van der Waals surface area contributed by atoms with Crippen LogP contribution in [0.4, 0.5) is 0 Å². The lowest BCUT2D eigenvalue weighted by atomic mass is 10.0. The van der Waals surface area contributed by atoms with Gasteiger partial charge >= 0.3 is 0 Å². The molecule has 10 aromatic rings. The number of fused-ring (bicyclic) bond motifs is 6. The second-order valence-electron chi connectivity index (χ2n) is 13.1. The molecule has 4 heteroatoms. The summed E-state index contributed by atoms with van der Waals surface area (Å²) in [6.07, 6.45) is 3.69. The zero-order chi connectivity index (χ0) is 34.6. The summed E-state index contributed by atoms with van der Waals surface area (Å²) in [5, 5.41) is 15.8. The predicted molar refractivity (Wildman–Crippen MR) is 214 cm³/mol. The number of benzene rings is 7. The monoisotopic (exact) mass is 662 g/mol. The third-order valence-electron chi connectivity index (χ3n) is 10.2. The fraction of sp³-hybridized carbons (Fsp3) is 0. The third kappa shape index (κ3) is 4.65. The number of nitrogens with zero attached hydrogens (tertiary/aromatic N) is 4. The molecule has 4 nitrogen and oxygen atoms in total. The molecule has 0 atom stereocenters. The van der Waals surface area contributed by atoms with E-state index in [0.29, 0.717) is 5.56 Å². The summed E-state index contributed by atoms with van der Waals surface area (Å²) >= 11 is 0. The number of hydrogen-bond donors (Lipinski definition) is 0. The minimum atomic E-state index is 0.595. The first-order valence-corrected chi connectivity index (χ1v) is 17.4. The minimum absolute atomic E-state index is 0.595. The molecule has 7 aromatic carbocycles. The molecule has 3 heterocycles. The average Bonchev–Trinajstić information content (AvgIpc) is 3.73. The molecule has 0 bridgehead atoms. The van der Waals surface area contributed by atoms with Gasteiger partial charge in [0.2, 0.25) is 0 Å². The van der Waals surface area contributed by atoms with Gasteiger partial charge in [0.25, 0.3) is 0 Å². The van der Waals surface area contributed by atoms with Crippen LogP contribution in [0.3, 0.4) is 0 Å². The molecule has 52 heavy (non-hydrogen) atoms. The highest BCUT2D eigenvalue weighted by molar-refractivity contribution is 6.12. The van der Waals surface area contributed by atoms with Crippen molar-refractivity contribution in [2.24, 2.45) is 0 Å². The van der Waals surface area contributed by atoms with Gasteiger partial charge in [-0.25, -0.2) is 0 Å². The van der Waals surface area contributed by atoms with E-state index in [0.717, 1.165) is 77.2 Å². The number of aromatic nitrogens is 3. The normalized spacial score (nSPS) is 11.4. The van der Waals surface area contributed by atoms with E-state index >= 15 is 0 Å². The summed E-state index contributed by atoms with van der Waals surface area (Å²) in [5.74, 6) is 0.